The van der Waals surface area contributed by atoms with Gasteiger partial charge in [0, 0.05) is 32.2 Å². The van der Waals surface area contributed by atoms with Crippen LogP contribution in [0.4, 0.5) is 0 Å². The van der Waals surface area contributed by atoms with Crippen molar-refractivity contribution in [1.82, 2.24) is 9.80 Å². The van der Waals surface area contributed by atoms with Gasteiger partial charge >= 0.3 is 0 Å². The molecule has 2 rings (SSSR count). The van der Waals surface area contributed by atoms with Gasteiger partial charge in [-0.15, -0.1) is 0 Å². The minimum atomic E-state index is 0.500. The van der Waals surface area contributed by atoms with Crippen molar-refractivity contribution in [3.8, 4) is 0 Å². The Morgan fingerprint density at radius 3 is 2.25 bits per heavy atom. The lowest BCUT2D eigenvalue weighted by Gasteiger charge is -2.34. The van der Waals surface area contributed by atoms with Crippen LogP contribution in [0.15, 0.2) is 0 Å². The Kier molecular flexibility index (Phi) is 4.62. The minimum Gasteiger partial charge on any atom is -0.328 e. The van der Waals surface area contributed by atoms with Gasteiger partial charge in [0.2, 0.25) is 0 Å². The van der Waals surface area contributed by atoms with E-state index in [9.17, 15) is 0 Å². The van der Waals surface area contributed by atoms with Crippen molar-refractivity contribution in [1.29, 1.82) is 0 Å². The van der Waals surface area contributed by atoms with Crippen LogP contribution in [0.2, 0.25) is 0 Å². The number of hydrogen-bond donors (Lipinski definition) is 1. The molecule has 0 aromatic carbocycles. The molecule has 0 atom stereocenters. The van der Waals surface area contributed by atoms with E-state index in [-0.39, 0.29) is 0 Å². The van der Waals surface area contributed by atoms with Crippen molar-refractivity contribution in [2.24, 2.45) is 11.7 Å². The lowest BCUT2D eigenvalue weighted by molar-refractivity contribution is 0.141. The Morgan fingerprint density at radius 2 is 1.62 bits per heavy atom. The largest absolute Gasteiger partial charge is 0.328 e. The molecule has 3 nitrogen and oxygen atoms in total. The summed E-state index contributed by atoms with van der Waals surface area (Å²) in [6.45, 7) is 6.34. The van der Waals surface area contributed by atoms with Crippen LogP contribution in [-0.2, 0) is 0 Å². The lowest BCUT2D eigenvalue weighted by atomic mass is 9.84. The van der Waals surface area contributed by atoms with Crippen LogP contribution in [0.5, 0.6) is 0 Å². The third-order valence-electron chi connectivity index (χ3n) is 4.34. The molecule has 0 unspecified atom stereocenters. The summed E-state index contributed by atoms with van der Waals surface area (Å²) in [5, 5.41) is 0. The number of likely N-dealkylation sites (N-methyl/N-ethyl adjacent to an activating group) is 1. The van der Waals surface area contributed by atoms with Gasteiger partial charge in [0.05, 0.1) is 0 Å². The van der Waals surface area contributed by atoms with Gasteiger partial charge in [-0.2, -0.15) is 0 Å². The van der Waals surface area contributed by atoms with Gasteiger partial charge in [0.25, 0.3) is 0 Å². The van der Waals surface area contributed by atoms with Crippen LogP contribution < -0.4 is 5.73 Å². The third kappa shape index (κ3) is 3.72. The second kappa shape index (κ2) is 5.99. The average Bonchev–Trinajstić information content (AvgIpc) is 2.30. The summed E-state index contributed by atoms with van der Waals surface area (Å²) < 4.78 is 0. The van der Waals surface area contributed by atoms with Crippen LogP contribution in [0.25, 0.3) is 0 Å². The van der Waals surface area contributed by atoms with E-state index in [1.165, 1.54) is 64.8 Å². The average molecular weight is 225 g/mol. The maximum Gasteiger partial charge on any atom is 0.0110 e. The Balaban J connectivity index is 1.60. The highest BCUT2D eigenvalue weighted by Gasteiger charge is 2.20. The van der Waals surface area contributed by atoms with Crippen molar-refractivity contribution in [3.05, 3.63) is 0 Å². The van der Waals surface area contributed by atoms with Crippen molar-refractivity contribution < 1.29 is 0 Å². The summed E-state index contributed by atoms with van der Waals surface area (Å²) >= 11 is 0. The van der Waals surface area contributed by atoms with E-state index in [1.54, 1.807) is 0 Å². The van der Waals surface area contributed by atoms with Gasteiger partial charge in [-0.05, 0) is 51.6 Å². The highest BCUT2D eigenvalue weighted by molar-refractivity contribution is 4.76. The minimum absolute atomic E-state index is 0.500. The maximum absolute atomic E-state index is 5.94. The van der Waals surface area contributed by atoms with E-state index >= 15 is 0 Å². The summed E-state index contributed by atoms with van der Waals surface area (Å²) in [5.41, 5.74) is 5.94. The molecule has 1 aliphatic heterocycles. The number of nitrogens with zero attached hydrogens (tertiary/aromatic N) is 2. The highest BCUT2D eigenvalue weighted by atomic mass is 15.2. The van der Waals surface area contributed by atoms with Gasteiger partial charge in [0.1, 0.15) is 0 Å². The van der Waals surface area contributed by atoms with Crippen LogP contribution >= 0.6 is 0 Å². The zero-order valence-corrected chi connectivity index (χ0v) is 10.7. The zero-order valence-electron chi connectivity index (χ0n) is 10.7. The quantitative estimate of drug-likeness (QED) is 0.782. The van der Waals surface area contributed by atoms with Gasteiger partial charge in [-0.25, -0.2) is 0 Å². The first-order valence-corrected chi connectivity index (χ1v) is 6.90. The molecule has 16 heavy (non-hydrogen) atoms. The van der Waals surface area contributed by atoms with Crippen LogP contribution in [0.3, 0.4) is 0 Å². The number of nitrogens with two attached hydrogens (primary N) is 1. The van der Waals surface area contributed by atoms with Gasteiger partial charge in [-0.1, -0.05) is 0 Å². The van der Waals surface area contributed by atoms with E-state index in [0.717, 1.165) is 5.92 Å². The van der Waals surface area contributed by atoms with Crippen molar-refractivity contribution in [2.45, 2.75) is 38.1 Å². The number of hydrogen-bond acceptors (Lipinski definition) is 3. The van der Waals surface area contributed by atoms with Crippen molar-refractivity contribution in [2.75, 3.05) is 39.8 Å². The highest BCUT2D eigenvalue weighted by Crippen LogP contribution is 2.26. The molecule has 1 saturated heterocycles. The van der Waals surface area contributed by atoms with Crippen molar-refractivity contribution in [3.63, 3.8) is 0 Å². The first-order chi connectivity index (χ1) is 7.74. The predicted octanol–water partition coefficient (Wildman–Crippen LogP) is 1.14. The fraction of sp³-hybridized carbons (Fsp3) is 1.00. The third-order valence-corrected chi connectivity index (χ3v) is 4.34. The Bertz CT molecular complexity index is 169. The standard InChI is InChI=1S/C13H27N3/c1-15-8-10-16(11-9-15)7-6-12-2-4-13(14)5-3-12/h12-13H,2-11,14H2,1H3/t12-,13-. The summed E-state index contributed by atoms with van der Waals surface area (Å²) in [4.78, 5) is 5.06. The second-order valence-corrected chi connectivity index (χ2v) is 5.71. The topological polar surface area (TPSA) is 32.5 Å². The Morgan fingerprint density at radius 1 is 1.00 bits per heavy atom. The molecular formula is C13H27N3. The summed E-state index contributed by atoms with van der Waals surface area (Å²) in [7, 11) is 2.22. The fourth-order valence-corrected chi connectivity index (χ4v) is 2.91. The lowest BCUT2D eigenvalue weighted by Crippen LogP contribution is -2.45. The van der Waals surface area contributed by atoms with Gasteiger partial charge < -0.3 is 15.5 Å². The molecule has 3 heteroatoms. The second-order valence-electron chi connectivity index (χ2n) is 5.71. The predicted molar refractivity (Wildman–Crippen MR) is 68.5 cm³/mol. The van der Waals surface area contributed by atoms with E-state index < -0.39 is 0 Å². The van der Waals surface area contributed by atoms with E-state index in [4.69, 9.17) is 5.73 Å². The molecule has 0 amide bonds. The molecule has 1 heterocycles. The van der Waals surface area contributed by atoms with E-state index in [2.05, 4.69) is 16.8 Å². The molecule has 0 aromatic rings. The molecule has 1 aliphatic carbocycles. The number of piperazine rings is 1. The number of rotatable bonds is 3. The molecule has 0 spiro atoms. The first kappa shape index (κ1) is 12.3. The fourth-order valence-electron chi connectivity index (χ4n) is 2.91. The molecule has 0 radical (unpaired) electrons. The zero-order chi connectivity index (χ0) is 11.4. The normalized spacial score (nSPS) is 34.1. The maximum atomic E-state index is 5.94. The molecule has 2 aliphatic rings. The first-order valence-electron chi connectivity index (χ1n) is 6.90. The van der Waals surface area contributed by atoms with E-state index in [0.29, 0.717) is 6.04 Å². The molecule has 2 fully saturated rings. The van der Waals surface area contributed by atoms with Crippen LogP contribution in [-0.4, -0.2) is 55.6 Å². The van der Waals surface area contributed by atoms with Crippen molar-refractivity contribution >= 4 is 0 Å². The SMILES string of the molecule is CN1CCN(CC[C@H]2CC[C@H](N)CC2)CC1. The monoisotopic (exact) mass is 225 g/mol. The summed E-state index contributed by atoms with van der Waals surface area (Å²) in [5.74, 6) is 0.958. The molecule has 94 valence electrons. The van der Waals surface area contributed by atoms with Crippen LogP contribution in [0, 0.1) is 5.92 Å². The molecule has 1 saturated carbocycles. The Labute approximate surface area is 100.0 Å². The molecule has 0 aromatic heterocycles. The van der Waals surface area contributed by atoms with Gasteiger partial charge in [0.15, 0.2) is 0 Å². The Hall–Kier alpha value is -0.120. The molecule has 2 N–H and O–H groups in total. The summed E-state index contributed by atoms with van der Waals surface area (Å²) in [6, 6.07) is 0.500. The molecular weight excluding hydrogens is 198 g/mol. The molecule has 0 bridgehead atoms. The van der Waals surface area contributed by atoms with Crippen LogP contribution in [0.1, 0.15) is 32.1 Å². The van der Waals surface area contributed by atoms with Gasteiger partial charge in [-0.3, -0.25) is 0 Å². The van der Waals surface area contributed by atoms with E-state index in [1.807, 2.05) is 0 Å². The smallest absolute Gasteiger partial charge is 0.0110 e. The summed E-state index contributed by atoms with van der Waals surface area (Å²) in [6.07, 6.45) is 6.65.